The fourth-order valence-electron chi connectivity index (χ4n) is 1.92. The summed E-state index contributed by atoms with van der Waals surface area (Å²) >= 11 is 3.19. The van der Waals surface area contributed by atoms with E-state index in [9.17, 15) is 13.2 Å². The van der Waals surface area contributed by atoms with Crippen molar-refractivity contribution >= 4 is 21.7 Å². The van der Waals surface area contributed by atoms with Crippen LogP contribution < -0.4 is 4.90 Å². The van der Waals surface area contributed by atoms with E-state index in [2.05, 4.69) is 25.9 Å². The molecule has 2 heterocycles. The molecule has 0 amide bonds. The molecule has 0 unspecified atom stereocenters. The minimum absolute atomic E-state index is 0.123. The number of hydrogen-bond donors (Lipinski definition) is 0. The molecule has 2 rings (SSSR count). The Hall–Kier alpha value is -0.850. The van der Waals surface area contributed by atoms with Gasteiger partial charge in [0.15, 0.2) is 0 Å². The predicted octanol–water partition coefficient (Wildman–Crippen LogP) is 3.02. The maximum Gasteiger partial charge on any atom is 0.391 e. The minimum Gasteiger partial charge on any atom is -0.355 e. The molecule has 94 valence electrons. The van der Waals surface area contributed by atoms with Crippen molar-refractivity contribution in [2.75, 3.05) is 18.0 Å². The van der Waals surface area contributed by atoms with Gasteiger partial charge in [-0.05, 0) is 28.8 Å². The van der Waals surface area contributed by atoms with Crippen LogP contribution in [-0.4, -0.2) is 29.2 Å². The van der Waals surface area contributed by atoms with E-state index in [0.29, 0.717) is 23.5 Å². The van der Waals surface area contributed by atoms with E-state index in [-0.39, 0.29) is 12.8 Å². The number of halogens is 4. The van der Waals surface area contributed by atoms with Crippen molar-refractivity contribution in [3.05, 3.63) is 17.0 Å². The molecule has 1 fully saturated rings. The number of anilines is 1. The van der Waals surface area contributed by atoms with Crippen LogP contribution in [0.4, 0.5) is 19.0 Å². The highest BCUT2D eigenvalue weighted by atomic mass is 79.9. The second kappa shape index (κ2) is 4.80. The summed E-state index contributed by atoms with van der Waals surface area (Å²) in [5, 5.41) is 0. The van der Waals surface area contributed by atoms with Gasteiger partial charge in [-0.3, -0.25) is 4.98 Å². The summed E-state index contributed by atoms with van der Waals surface area (Å²) in [5.74, 6) is -0.557. The molecule has 7 heteroatoms. The van der Waals surface area contributed by atoms with E-state index in [0.717, 1.165) is 0 Å². The fraction of sp³-hybridized carbons (Fsp3) is 0.600. The van der Waals surface area contributed by atoms with E-state index in [4.69, 9.17) is 0 Å². The molecule has 0 N–H and O–H groups in total. The highest BCUT2D eigenvalue weighted by Gasteiger charge is 2.41. The monoisotopic (exact) mass is 309 g/mol. The maximum atomic E-state index is 12.5. The lowest BCUT2D eigenvalue weighted by molar-refractivity contribution is -0.179. The zero-order valence-corrected chi connectivity index (χ0v) is 10.5. The summed E-state index contributed by atoms with van der Waals surface area (Å²) in [7, 11) is 0. The zero-order chi connectivity index (χ0) is 12.5. The van der Waals surface area contributed by atoms with Gasteiger partial charge in [-0.1, -0.05) is 0 Å². The Morgan fingerprint density at radius 2 is 1.88 bits per heavy atom. The highest BCUT2D eigenvalue weighted by Crippen LogP contribution is 2.34. The first-order valence-electron chi connectivity index (χ1n) is 5.26. The molecule has 0 aromatic carbocycles. The molecule has 0 radical (unpaired) electrons. The molecule has 17 heavy (non-hydrogen) atoms. The van der Waals surface area contributed by atoms with Crippen LogP contribution in [0.1, 0.15) is 12.8 Å². The molecule has 1 aliphatic heterocycles. The lowest BCUT2D eigenvalue weighted by atomic mass is 9.96. The van der Waals surface area contributed by atoms with Gasteiger partial charge in [-0.25, -0.2) is 4.98 Å². The van der Waals surface area contributed by atoms with Crippen LogP contribution in [0.15, 0.2) is 17.0 Å². The second-order valence-corrected chi connectivity index (χ2v) is 4.82. The number of rotatable bonds is 1. The first-order chi connectivity index (χ1) is 7.97. The third-order valence-electron chi connectivity index (χ3n) is 2.87. The van der Waals surface area contributed by atoms with Crippen molar-refractivity contribution in [2.45, 2.75) is 19.0 Å². The fourth-order valence-corrected chi connectivity index (χ4v) is 2.22. The molecule has 1 aromatic rings. The summed E-state index contributed by atoms with van der Waals surface area (Å²) in [6.07, 6.45) is -0.713. The van der Waals surface area contributed by atoms with E-state index in [1.807, 2.05) is 4.90 Å². The Morgan fingerprint density at radius 3 is 2.41 bits per heavy atom. The van der Waals surface area contributed by atoms with Crippen molar-refractivity contribution in [1.82, 2.24) is 9.97 Å². The van der Waals surface area contributed by atoms with Crippen molar-refractivity contribution in [2.24, 2.45) is 5.92 Å². The molecule has 0 atom stereocenters. The molecular weight excluding hydrogens is 299 g/mol. The van der Waals surface area contributed by atoms with Gasteiger partial charge in [0, 0.05) is 13.1 Å². The summed E-state index contributed by atoms with van der Waals surface area (Å²) in [6, 6.07) is 0. The Kier molecular flexibility index (Phi) is 3.56. The summed E-state index contributed by atoms with van der Waals surface area (Å²) in [5.41, 5.74) is 0. The van der Waals surface area contributed by atoms with Crippen molar-refractivity contribution in [3.63, 3.8) is 0 Å². The van der Waals surface area contributed by atoms with Crippen molar-refractivity contribution in [3.8, 4) is 0 Å². The molecule has 1 aromatic heterocycles. The van der Waals surface area contributed by atoms with Crippen molar-refractivity contribution < 1.29 is 13.2 Å². The summed E-state index contributed by atoms with van der Waals surface area (Å²) < 4.78 is 38.0. The number of nitrogens with zero attached hydrogens (tertiary/aromatic N) is 3. The third kappa shape index (κ3) is 3.08. The van der Waals surface area contributed by atoms with E-state index < -0.39 is 12.1 Å². The van der Waals surface area contributed by atoms with Gasteiger partial charge >= 0.3 is 6.18 Å². The molecule has 0 saturated carbocycles. The quantitative estimate of drug-likeness (QED) is 0.798. The Labute approximate surface area is 105 Å². The average molecular weight is 310 g/mol. The number of aromatic nitrogens is 2. The first-order valence-corrected chi connectivity index (χ1v) is 6.05. The number of alkyl halides is 3. The topological polar surface area (TPSA) is 29.0 Å². The van der Waals surface area contributed by atoms with Gasteiger partial charge in [0.25, 0.3) is 0 Å². The standard InChI is InChI=1S/C10H11BrF3N3/c11-8-5-15-6-9(16-8)17-3-1-7(2-4-17)10(12,13)14/h5-7H,1-4H2. The first kappa shape index (κ1) is 12.6. The largest absolute Gasteiger partial charge is 0.391 e. The molecule has 0 aliphatic carbocycles. The normalized spacial score (nSPS) is 18.5. The number of piperidine rings is 1. The van der Waals surface area contributed by atoms with Crippen LogP contribution in [-0.2, 0) is 0 Å². The molecular formula is C10H11BrF3N3. The summed E-state index contributed by atoms with van der Waals surface area (Å²) in [6.45, 7) is 0.741. The van der Waals surface area contributed by atoms with Gasteiger partial charge < -0.3 is 4.90 Å². The van der Waals surface area contributed by atoms with Crippen LogP contribution in [0.5, 0.6) is 0 Å². The third-order valence-corrected chi connectivity index (χ3v) is 3.26. The van der Waals surface area contributed by atoms with Crippen molar-refractivity contribution in [1.29, 1.82) is 0 Å². The van der Waals surface area contributed by atoms with E-state index in [1.165, 1.54) is 0 Å². The predicted molar refractivity (Wildman–Crippen MR) is 60.7 cm³/mol. The highest BCUT2D eigenvalue weighted by molar-refractivity contribution is 9.10. The molecule has 1 aliphatic rings. The van der Waals surface area contributed by atoms with Crippen LogP contribution in [0.3, 0.4) is 0 Å². The lowest BCUT2D eigenvalue weighted by Crippen LogP contribution is -2.39. The van der Waals surface area contributed by atoms with Gasteiger partial charge in [-0.2, -0.15) is 13.2 Å². The Morgan fingerprint density at radius 1 is 1.24 bits per heavy atom. The van der Waals surface area contributed by atoms with E-state index in [1.54, 1.807) is 12.4 Å². The van der Waals surface area contributed by atoms with Gasteiger partial charge in [0.2, 0.25) is 0 Å². The average Bonchev–Trinajstić information content (AvgIpc) is 2.28. The molecule has 0 bridgehead atoms. The Bertz CT molecular complexity index is 389. The van der Waals surface area contributed by atoms with Crippen LogP contribution in [0.2, 0.25) is 0 Å². The van der Waals surface area contributed by atoms with Gasteiger partial charge in [-0.15, -0.1) is 0 Å². The molecule has 3 nitrogen and oxygen atoms in total. The minimum atomic E-state index is -4.07. The van der Waals surface area contributed by atoms with Gasteiger partial charge in [0.1, 0.15) is 10.4 Å². The van der Waals surface area contributed by atoms with Crippen LogP contribution >= 0.6 is 15.9 Å². The number of hydrogen-bond acceptors (Lipinski definition) is 3. The molecule has 0 spiro atoms. The summed E-state index contributed by atoms with van der Waals surface area (Å²) in [4.78, 5) is 9.97. The van der Waals surface area contributed by atoms with Gasteiger partial charge in [0.05, 0.1) is 18.3 Å². The Balaban J connectivity index is 2.00. The van der Waals surface area contributed by atoms with E-state index >= 15 is 0 Å². The zero-order valence-electron chi connectivity index (χ0n) is 8.91. The lowest BCUT2D eigenvalue weighted by Gasteiger charge is -2.33. The van der Waals surface area contributed by atoms with Crippen LogP contribution in [0.25, 0.3) is 0 Å². The van der Waals surface area contributed by atoms with Crippen LogP contribution in [0, 0.1) is 5.92 Å². The molecule has 1 saturated heterocycles. The smallest absolute Gasteiger partial charge is 0.355 e. The second-order valence-electron chi connectivity index (χ2n) is 4.00. The maximum absolute atomic E-state index is 12.5. The SMILES string of the molecule is FC(F)(F)C1CCN(c2cncc(Br)n2)CC1.